The molecule has 1 unspecified atom stereocenters. The maximum absolute atomic E-state index is 11.9. The van der Waals surface area contributed by atoms with Crippen molar-refractivity contribution in [1.82, 2.24) is 5.32 Å². The molecule has 0 aliphatic carbocycles. The summed E-state index contributed by atoms with van der Waals surface area (Å²) in [6.07, 6.45) is 0.824. The first-order valence-electron chi connectivity index (χ1n) is 7.23. The molecule has 0 saturated heterocycles. The Hall–Kier alpha value is -2.33. The molecule has 4 heteroatoms. The number of nitrogens with one attached hydrogen (secondary N) is 1. The van der Waals surface area contributed by atoms with E-state index in [4.69, 9.17) is 9.47 Å². The zero-order valence-electron chi connectivity index (χ0n) is 12.9. The highest BCUT2D eigenvalue weighted by molar-refractivity contribution is 5.77. The van der Waals surface area contributed by atoms with Crippen LogP contribution < -0.4 is 10.1 Å². The van der Waals surface area contributed by atoms with E-state index in [2.05, 4.69) is 5.32 Å². The number of hydrogen-bond donors (Lipinski definition) is 1. The molecule has 2 rings (SSSR count). The van der Waals surface area contributed by atoms with Gasteiger partial charge in [-0.3, -0.25) is 0 Å². The molecule has 1 atom stereocenters. The lowest BCUT2D eigenvalue weighted by Crippen LogP contribution is -2.31. The standard InChI is InChI=1S/C18H21NO3/c1-21-16-10-8-14(9-11-16)12-13-19-17(18(20)22-2)15-6-4-3-5-7-15/h3-11,17,19H,12-13H2,1-2H3. The van der Waals surface area contributed by atoms with Crippen molar-refractivity contribution in [1.29, 1.82) is 0 Å². The van der Waals surface area contributed by atoms with Crippen molar-refractivity contribution in [3.63, 3.8) is 0 Å². The molecule has 0 aliphatic heterocycles. The average Bonchev–Trinajstić information content (AvgIpc) is 2.59. The van der Waals surface area contributed by atoms with Crippen molar-refractivity contribution in [3.8, 4) is 5.75 Å². The van der Waals surface area contributed by atoms with E-state index in [1.165, 1.54) is 12.7 Å². The third-order valence-corrected chi connectivity index (χ3v) is 3.49. The lowest BCUT2D eigenvalue weighted by atomic mass is 10.1. The second kappa shape index (κ2) is 8.20. The van der Waals surface area contributed by atoms with Gasteiger partial charge in [0.2, 0.25) is 0 Å². The van der Waals surface area contributed by atoms with Gasteiger partial charge in [0, 0.05) is 6.54 Å². The van der Waals surface area contributed by atoms with Crippen molar-refractivity contribution >= 4 is 5.97 Å². The summed E-state index contributed by atoms with van der Waals surface area (Å²) in [5.41, 5.74) is 2.09. The highest BCUT2D eigenvalue weighted by Gasteiger charge is 2.20. The SMILES string of the molecule is COC(=O)C(NCCc1ccc(OC)cc1)c1ccccc1. The van der Waals surface area contributed by atoms with Gasteiger partial charge in [0.15, 0.2) is 0 Å². The van der Waals surface area contributed by atoms with E-state index in [1.54, 1.807) is 7.11 Å². The molecule has 0 heterocycles. The number of hydrogen-bond acceptors (Lipinski definition) is 4. The van der Waals surface area contributed by atoms with Crippen LogP contribution in [0.4, 0.5) is 0 Å². The fraction of sp³-hybridized carbons (Fsp3) is 0.278. The Morgan fingerprint density at radius 1 is 1.05 bits per heavy atom. The number of esters is 1. The summed E-state index contributed by atoms with van der Waals surface area (Å²) in [6, 6.07) is 17.1. The fourth-order valence-corrected chi connectivity index (χ4v) is 2.25. The van der Waals surface area contributed by atoms with E-state index >= 15 is 0 Å². The minimum atomic E-state index is -0.440. The summed E-state index contributed by atoms with van der Waals surface area (Å²) in [5.74, 6) is 0.564. The van der Waals surface area contributed by atoms with Crippen LogP contribution in [-0.4, -0.2) is 26.7 Å². The second-order valence-corrected chi connectivity index (χ2v) is 4.92. The second-order valence-electron chi connectivity index (χ2n) is 4.92. The van der Waals surface area contributed by atoms with E-state index in [0.717, 1.165) is 17.7 Å². The fourth-order valence-electron chi connectivity index (χ4n) is 2.25. The molecule has 116 valence electrons. The van der Waals surface area contributed by atoms with E-state index < -0.39 is 6.04 Å². The summed E-state index contributed by atoms with van der Waals surface area (Å²) in [5, 5.41) is 3.26. The predicted octanol–water partition coefficient (Wildman–Crippen LogP) is 2.74. The van der Waals surface area contributed by atoms with Gasteiger partial charge in [-0.05, 0) is 29.7 Å². The Morgan fingerprint density at radius 3 is 2.32 bits per heavy atom. The molecule has 0 aliphatic rings. The molecule has 0 fully saturated rings. The quantitative estimate of drug-likeness (QED) is 0.799. The summed E-state index contributed by atoms with van der Waals surface area (Å²) in [6.45, 7) is 0.682. The van der Waals surface area contributed by atoms with Crippen LogP contribution in [0.15, 0.2) is 54.6 Å². The van der Waals surface area contributed by atoms with E-state index in [1.807, 2.05) is 54.6 Å². The monoisotopic (exact) mass is 299 g/mol. The van der Waals surface area contributed by atoms with Gasteiger partial charge in [0.1, 0.15) is 11.8 Å². The lowest BCUT2D eigenvalue weighted by molar-refractivity contribution is -0.143. The van der Waals surface area contributed by atoms with Crippen LogP contribution >= 0.6 is 0 Å². The van der Waals surface area contributed by atoms with E-state index in [-0.39, 0.29) is 5.97 Å². The molecule has 0 saturated carbocycles. The molecule has 0 radical (unpaired) electrons. The Labute approximate surface area is 131 Å². The Balaban J connectivity index is 1.95. The first-order valence-corrected chi connectivity index (χ1v) is 7.23. The minimum absolute atomic E-state index is 0.277. The van der Waals surface area contributed by atoms with Gasteiger partial charge in [-0.15, -0.1) is 0 Å². The van der Waals surface area contributed by atoms with Gasteiger partial charge in [-0.2, -0.15) is 0 Å². The Morgan fingerprint density at radius 2 is 1.73 bits per heavy atom. The molecule has 0 amide bonds. The van der Waals surface area contributed by atoms with Crippen LogP contribution in [0.3, 0.4) is 0 Å². The van der Waals surface area contributed by atoms with Crippen molar-refractivity contribution in [2.75, 3.05) is 20.8 Å². The van der Waals surface area contributed by atoms with Crippen LogP contribution in [0.2, 0.25) is 0 Å². The molecule has 4 nitrogen and oxygen atoms in total. The van der Waals surface area contributed by atoms with Gasteiger partial charge in [0.25, 0.3) is 0 Å². The number of carbonyl (C=O) groups excluding carboxylic acids is 1. The van der Waals surface area contributed by atoms with Gasteiger partial charge in [-0.25, -0.2) is 4.79 Å². The molecule has 0 bridgehead atoms. The average molecular weight is 299 g/mol. The molecular formula is C18H21NO3. The normalized spacial score (nSPS) is 11.7. The number of methoxy groups -OCH3 is 2. The highest BCUT2D eigenvalue weighted by atomic mass is 16.5. The zero-order chi connectivity index (χ0) is 15.8. The van der Waals surface area contributed by atoms with E-state index in [0.29, 0.717) is 6.54 Å². The smallest absolute Gasteiger partial charge is 0.327 e. The molecule has 1 N–H and O–H groups in total. The zero-order valence-corrected chi connectivity index (χ0v) is 12.9. The van der Waals surface area contributed by atoms with Crippen molar-refractivity contribution < 1.29 is 14.3 Å². The largest absolute Gasteiger partial charge is 0.497 e. The topological polar surface area (TPSA) is 47.6 Å². The lowest BCUT2D eigenvalue weighted by Gasteiger charge is -2.17. The summed E-state index contributed by atoms with van der Waals surface area (Å²) < 4.78 is 10.0. The molecule has 0 spiro atoms. The first kappa shape index (κ1) is 16.0. The van der Waals surface area contributed by atoms with Crippen molar-refractivity contribution in [2.24, 2.45) is 0 Å². The predicted molar refractivity (Wildman–Crippen MR) is 85.9 cm³/mol. The van der Waals surface area contributed by atoms with Gasteiger partial charge < -0.3 is 14.8 Å². The Kier molecular flexibility index (Phi) is 5.98. The maximum atomic E-state index is 11.9. The minimum Gasteiger partial charge on any atom is -0.497 e. The van der Waals surface area contributed by atoms with Crippen molar-refractivity contribution in [3.05, 3.63) is 65.7 Å². The van der Waals surface area contributed by atoms with Gasteiger partial charge in [0.05, 0.1) is 14.2 Å². The van der Waals surface area contributed by atoms with Crippen LogP contribution in [0, 0.1) is 0 Å². The van der Waals surface area contributed by atoms with Crippen LogP contribution in [0.5, 0.6) is 5.75 Å². The molecular weight excluding hydrogens is 278 g/mol. The molecule has 22 heavy (non-hydrogen) atoms. The van der Waals surface area contributed by atoms with Crippen LogP contribution in [-0.2, 0) is 16.0 Å². The number of benzene rings is 2. The molecule has 2 aromatic carbocycles. The molecule has 2 aromatic rings. The number of rotatable bonds is 7. The maximum Gasteiger partial charge on any atom is 0.327 e. The van der Waals surface area contributed by atoms with Crippen LogP contribution in [0.25, 0.3) is 0 Å². The van der Waals surface area contributed by atoms with Crippen LogP contribution in [0.1, 0.15) is 17.2 Å². The summed E-state index contributed by atoms with van der Waals surface area (Å²) >= 11 is 0. The van der Waals surface area contributed by atoms with Gasteiger partial charge >= 0.3 is 5.97 Å². The first-order chi connectivity index (χ1) is 10.7. The third kappa shape index (κ3) is 4.33. The van der Waals surface area contributed by atoms with Gasteiger partial charge in [-0.1, -0.05) is 42.5 Å². The van der Waals surface area contributed by atoms with E-state index in [9.17, 15) is 4.79 Å². The highest BCUT2D eigenvalue weighted by Crippen LogP contribution is 2.15. The number of carbonyl (C=O) groups is 1. The Bertz CT molecular complexity index is 581. The summed E-state index contributed by atoms with van der Waals surface area (Å²) in [4.78, 5) is 11.9. The summed E-state index contributed by atoms with van der Waals surface area (Å²) in [7, 11) is 3.06. The molecule has 0 aromatic heterocycles. The third-order valence-electron chi connectivity index (χ3n) is 3.49. The van der Waals surface area contributed by atoms with Crippen molar-refractivity contribution in [2.45, 2.75) is 12.5 Å². The number of ether oxygens (including phenoxy) is 2.